The van der Waals surface area contributed by atoms with Crippen LogP contribution in [-0.2, 0) is 4.79 Å². The van der Waals surface area contributed by atoms with Gasteiger partial charge in [-0.15, -0.1) is 0 Å². The standard InChI is InChI=1S/C23H17ClN2O4/c1-13-7-8-15(11-20(13)24)26-22(27)19(14(2)25-26)12-16-9-10-21(30-16)17-5-3-4-6-18(17)23(28)29/h3-12H,1-2H3,(H,28,29)/b19-12+. The number of carboxylic acids is 1. The van der Waals surface area contributed by atoms with Gasteiger partial charge in [-0.25, -0.2) is 4.79 Å². The van der Waals surface area contributed by atoms with Gasteiger partial charge in [0.2, 0.25) is 0 Å². The molecule has 30 heavy (non-hydrogen) atoms. The van der Waals surface area contributed by atoms with Gasteiger partial charge in [0.05, 0.1) is 22.5 Å². The number of anilines is 1. The number of hydrogen-bond acceptors (Lipinski definition) is 4. The Kier molecular flexibility index (Phi) is 5.01. The lowest BCUT2D eigenvalue weighted by molar-refractivity contribution is -0.114. The minimum Gasteiger partial charge on any atom is -0.478 e. The molecule has 0 saturated carbocycles. The maximum absolute atomic E-state index is 12.9. The molecule has 4 rings (SSSR count). The van der Waals surface area contributed by atoms with E-state index in [4.69, 9.17) is 16.0 Å². The van der Waals surface area contributed by atoms with Gasteiger partial charge in [-0.05, 0) is 55.8 Å². The van der Waals surface area contributed by atoms with Crippen molar-refractivity contribution in [2.75, 3.05) is 5.01 Å². The molecule has 1 aliphatic rings. The minimum absolute atomic E-state index is 0.142. The Morgan fingerprint density at radius 1 is 1.13 bits per heavy atom. The van der Waals surface area contributed by atoms with E-state index < -0.39 is 5.97 Å². The van der Waals surface area contributed by atoms with Gasteiger partial charge in [-0.2, -0.15) is 10.1 Å². The smallest absolute Gasteiger partial charge is 0.336 e. The fourth-order valence-electron chi connectivity index (χ4n) is 3.17. The number of benzene rings is 2. The van der Waals surface area contributed by atoms with E-state index >= 15 is 0 Å². The molecule has 0 saturated heterocycles. The summed E-state index contributed by atoms with van der Waals surface area (Å²) in [5, 5.41) is 15.6. The molecule has 0 aliphatic carbocycles. The van der Waals surface area contributed by atoms with Crippen LogP contribution < -0.4 is 5.01 Å². The second-order valence-corrected chi connectivity index (χ2v) is 7.25. The van der Waals surface area contributed by atoms with Crippen LogP contribution >= 0.6 is 11.6 Å². The third-order valence-corrected chi connectivity index (χ3v) is 5.21. The van der Waals surface area contributed by atoms with Crippen LogP contribution in [0.15, 0.2) is 69.7 Å². The number of aryl methyl sites for hydroxylation is 1. The molecule has 1 aromatic heterocycles. The first-order valence-corrected chi connectivity index (χ1v) is 9.53. The SMILES string of the molecule is CC1=NN(c2ccc(C)c(Cl)c2)C(=O)/C1=C/c1ccc(-c2ccccc2C(=O)O)o1. The predicted molar refractivity (Wildman–Crippen MR) is 116 cm³/mol. The molecule has 2 aromatic carbocycles. The Morgan fingerprint density at radius 2 is 1.90 bits per heavy atom. The molecule has 150 valence electrons. The maximum Gasteiger partial charge on any atom is 0.336 e. The Morgan fingerprint density at radius 3 is 2.63 bits per heavy atom. The van der Waals surface area contributed by atoms with Crippen LogP contribution in [0.5, 0.6) is 0 Å². The van der Waals surface area contributed by atoms with Gasteiger partial charge in [0.1, 0.15) is 11.5 Å². The molecule has 0 fully saturated rings. The summed E-state index contributed by atoms with van der Waals surface area (Å²) in [7, 11) is 0. The Labute approximate surface area is 177 Å². The van der Waals surface area contributed by atoms with Crippen LogP contribution in [0.2, 0.25) is 5.02 Å². The zero-order chi connectivity index (χ0) is 21.4. The van der Waals surface area contributed by atoms with Gasteiger partial charge in [0, 0.05) is 10.6 Å². The van der Waals surface area contributed by atoms with Crippen LogP contribution in [0, 0.1) is 6.92 Å². The molecular weight excluding hydrogens is 404 g/mol. The monoisotopic (exact) mass is 420 g/mol. The lowest BCUT2D eigenvalue weighted by Crippen LogP contribution is -2.21. The van der Waals surface area contributed by atoms with Crippen molar-refractivity contribution in [3.8, 4) is 11.3 Å². The predicted octanol–water partition coefficient (Wildman–Crippen LogP) is 5.41. The van der Waals surface area contributed by atoms with Gasteiger partial charge in [-0.1, -0.05) is 35.9 Å². The molecule has 6 nitrogen and oxygen atoms in total. The maximum atomic E-state index is 12.9. The highest BCUT2D eigenvalue weighted by atomic mass is 35.5. The van der Waals surface area contributed by atoms with Crippen molar-refractivity contribution >= 4 is 41.0 Å². The summed E-state index contributed by atoms with van der Waals surface area (Å²) in [4.78, 5) is 24.4. The zero-order valence-electron chi connectivity index (χ0n) is 16.2. The Bertz CT molecular complexity index is 1240. The summed E-state index contributed by atoms with van der Waals surface area (Å²) in [5.41, 5.74) is 3.03. The van der Waals surface area contributed by atoms with E-state index in [1.807, 2.05) is 13.0 Å². The van der Waals surface area contributed by atoms with E-state index in [9.17, 15) is 14.7 Å². The quantitative estimate of drug-likeness (QED) is 0.572. The molecule has 2 heterocycles. The van der Waals surface area contributed by atoms with E-state index in [0.717, 1.165) is 5.56 Å². The molecule has 1 aliphatic heterocycles. The lowest BCUT2D eigenvalue weighted by atomic mass is 10.1. The van der Waals surface area contributed by atoms with Crippen LogP contribution in [0.3, 0.4) is 0 Å². The Hall–Kier alpha value is -3.64. The highest BCUT2D eigenvalue weighted by Gasteiger charge is 2.29. The summed E-state index contributed by atoms with van der Waals surface area (Å²) in [6.45, 7) is 3.62. The molecule has 3 aromatic rings. The number of furan rings is 1. The van der Waals surface area contributed by atoms with Gasteiger partial charge in [-0.3, -0.25) is 4.79 Å². The topological polar surface area (TPSA) is 83.1 Å². The second kappa shape index (κ2) is 7.65. The van der Waals surface area contributed by atoms with Gasteiger partial charge in [0.25, 0.3) is 5.91 Å². The summed E-state index contributed by atoms with van der Waals surface area (Å²) < 4.78 is 5.81. The number of rotatable bonds is 4. The van der Waals surface area contributed by atoms with Crippen molar-refractivity contribution in [2.45, 2.75) is 13.8 Å². The number of carboxylic acid groups (broad SMARTS) is 1. The normalized spacial score (nSPS) is 15.0. The number of hydrogen-bond donors (Lipinski definition) is 1. The average molecular weight is 421 g/mol. The average Bonchev–Trinajstić information content (AvgIpc) is 3.30. The number of nitrogens with zero attached hydrogens (tertiary/aromatic N) is 2. The van der Waals surface area contributed by atoms with Gasteiger partial charge >= 0.3 is 5.97 Å². The van der Waals surface area contributed by atoms with Crippen LogP contribution in [-0.4, -0.2) is 22.7 Å². The van der Waals surface area contributed by atoms with Crippen molar-refractivity contribution in [3.05, 3.63) is 82.1 Å². The number of aromatic carboxylic acids is 1. The number of carbonyl (C=O) groups excluding carboxylic acids is 1. The van der Waals surface area contributed by atoms with Crippen LogP contribution in [0.1, 0.15) is 28.6 Å². The van der Waals surface area contributed by atoms with E-state index in [1.54, 1.807) is 55.5 Å². The fraction of sp³-hybridized carbons (Fsp3) is 0.0870. The van der Waals surface area contributed by atoms with Gasteiger partial charge < -0.3 is 9.52 Å². The summed E-state index contributed by atoms with van der Waals surface area (Å²) in [5.74, 6) is -0.506. The third kappa shape index (κ3) is 3.53. The van der Waals surface area contributed by atoms with E-state index in [-0.39, 0.29) is 11.5 Å². The van der Waals surface area contributed by atoms with Crippen molar-refractivity contribution in [1.82, 2.24) is 0 Å². The van der Waals surface area contributed by atoms with Crippen molar-refractivity contribution in [2.24, 2.45) is 5.10 Å². The zero-order valence-corrected chi connectivity index (χ0v) is 17.0. The third-order valence-electron chi connectivity index (χ3n) is 4.80. The minimum atomic E-state index is -1.04. The van der Waals surface area contributed by atoms with Crippen molar-refractivity contribution < 1.29 is 19.1 Å². The van der Waals surface area contributed by atoms with Crippen LogP contribution in [0.4, 0.5) is 5.69 Å². The number of amides is 1. The molecular formula is C23H17ClN2O4. The molecule has 0 radical (unpaired) electrons. The largest absolute Gasteiger partial charge is 0.478 e. The second-order valence-electron chi connectivity index (χ2n) is 6.85. The lowest BCUT2D eigenvalue weighted by Gasteiger charge is -2.12. The molecule has 0 atom stereocenters. The molecule has 1 amide bonds. The van der Waals surface area contributed by atoms with Crippen LogP contribution in [0.25, 0.3) is 17.4 Å². The highest BCUT2D eigenvalue weighted by molar-refractivity contribution is 6.33. The molecule has 0 unspecified atom stereocenters. The van der Waals surface area contributed by atoms with Gasteiger partial charge in [0.15, 0.2) is 0 Å². The first-order chi connectivity index (χ1) is 14.3. The summed E-state index contributed by atoms with van der Waals surface area (Å²) in [6, 6.07) is 15.3. The van der Waals surface area contributed by atoms with E-state index in [1.165, 1.54) is 11.1 Å². The Balaban J connectivity index is 1.65. The first-order valence-electron chi connectivity index (χ1n) is 9.15. The summed E-state index contributed by atoms with van der Waals surface area (Å²) >= 11 is 6.18. The van der Waals surface area contributed by atoms with E-state index in [2.05, 4.69) is 5.10 Å². The molecule has 0 bridgehead atoms. The number of hydrazone groups is 1. The molecule has 7 heteroatoms. The summed E-state index contributed by atoms with van der Waals surface area (Å²) in [6.07, 6.45) is 1.60. The first kappa shape index (κ1) is 19.7. The highest BCUT2D eigenvalue weighted by Crippen LogP contribution is 2.30. The molecule has 1 N–H and O–H groups in total. The fourth-order valence-corrected chi connectivity index (χ4v) is 3.35. The van der Waals surface area contributed by atoms with Crippen molar-refractivity contribution in [1.29, 1.82) is 0 Å². The van der Waals surface area contributed by atoms with Crippen molar-refractivity contribution in [3.63, 3.8) is 0 Å². The number of halogens is 1. The van der Waals surface area contributed by atoms with E-state index in [0.29, 0.717) is 39.1 Å². The number of carbonyl (C=O) groups is 2. The molecule has 0 spiro atoms.